The molecule has 1 fully saturated rings. The van der Waals surface area contributed by atoms with Gasteiger partial charge >= 0.3 is 0 Å². The number of aryl methyl sites for hydroxylation is 1. The van der Waals surface area contributed by atoms with Crippen molar-refractivity contribution in [3.8, 4) is 0 Å². The van der Waals surface area contributed by atoms with Crippen LogP contribution in [0.5, 0.6) is 0 Å². The van der Waals surface area contributed by atoms with Crippen molar-refractivity contribution in [3.63, 3.8) is 0 Å². The SMILES string of the molecule is Cc1ccc([C@@H]2CCC[C@H]2O)cc1F. The molecule has 0 radical (unpaired) electrons. The largest absolute Gasteiger partial charge is 0.392 e. The third-order valence-electron chi connectivity index (χ3n) is 3.10. The number of aliphatic hydroxyl groups excluding tert-OH is 1. The van der Waals surface area contributed by atoms with Crippen molar-refractivity contribution < 1.29 is 9.50 Å². The molecule has 2 atom stereocenters. The Labute approximate surface area is 83.6 Å². The van der Waals surface area contributed by atoms with Crippen LogP contribution in [0.3, 0.4) is 0 Å². The summed E-state index contributed by atoms with van der Waals surface area (Å²) in [6.07, 6.45) is 2.59. The lowest BCUT2D eigenvalue weighted by atomic mass is 9.95. The summed E-state index contributed by atoms with van der Waals surface area (Å²) < 4.78 is 13.3. The highest BCUT2D eigenvalue weighted by Gasteiger charge is 2.26. The molecule has 0 saturated heterocycles. The minimum Gasteiger partial charge on any atom is -0.392 e. The molecule has 2 rings (SSSR count). The molecule has 1 saturated carbocycles. The van der Waals surface area contributed by atoms with Gasteiger partial charge in [0.1, 0.15) is 5.82 Å². The third kappa shape index (κ3) is 1.67. The Morgan fingerprint density at radius 3 is 2.71 bits per heavy atom. The highest BCUT2D eigenvalue weighted by atomic mass is 19.1. The van der Waals surface area contributed by atoms with Gasteiger partial charge in [0.05, 0.1) is 6.10 Å². The molecule has 1 aliphatic rings. The Balaban J connectivity index is 2.28. The first-order valence-corrected chi connectivity index (χ1v) is 5.12. The van der Waals surface area contributed by atoms with E-state index in [4.69, 9.17) is 0 Å². The van der Waals surface area contributed by atoms with Crippen molar-refractivity contribution in [1.82, 2.24) is 0 Å². The fourth-order valence-electron chi connectivity index (χ4n) is 2.17. The molecule has 0 spiro atoms. The third-order valence-corrected chi connectivity index (χ3v) is 3.10. The van der Waals surface area contributed by atoms with E-state index in [9.17, 15) is 9.50 Å². The Morgan fingerprint density at radius 2 is 2.14 bits per heavy atom. The summed E-state index contributed by atoms with van der Waals surface area (Å²) in [5, 5.41) is 9.68. The van der Waals surface area contributed by atoms with Gasteiger partial charge in [0.15, 0.2) is 0 Å². The van der Waals surface area contributed by atoms with Gasteiger partial charge in [0.25, 0.3) is 0 Å². The fraction of sp³-hybridized carbons (Fsp3) is 0.500. The lowest BCUT2D eigenvalue weighted by Gasteiger charge is -2.15. The maximum absolute atomic E-state index is 13.3. The van der Waals surface area contributed by atoms with E-state index < -0.39 is 0 Å². The van der Waals surface area contributed by atoms with E-state index in [1.165, 1.54) is 0 Å². The second kappa shape index (κ2) is 3.70. The molecule has 1 aromatic carbocycles. The Morgan fingerprint density at radius 1 is 1.36 bits per heavy atom. The summed E-state index contributed by atoms with van der Waals surface area (Å²) in [5.74, 6) is -0.0216. The van der Waals surface area contributed by atoms with E-state index in [2.05, 4.69) is 0 Å². The predicted octanol–water partition coefficient (Wildman–Crippen LogP) is 2.76. The zero-order valence-corrected chi connectivity index (χ0v) is 8.33. The summed E-state index contributed by atoms with van der Waals surface area (Å²) in [6, 6.07) is 5.28. The number of halogens is 1. The smallest absolute Gasteiger partial charge is 0.126 e. The van der Waals surface area contributed by atoms with E-state index in [1.54, 1.807) is 19.1 Å². The lowest BCUT2D eigenvalue weighted by molar-refractivity contribution is 0.163. The van der Waals surface area contributed by atoms with Gasteiger partial charge in [-0.2, -0.15) is 0 Å². The fourth-order valence-corrected chi connectivity index (χ4v) is 2.17. The zero-order valence-electron chi connectivity index (χ0n) is 8.33. The number of hydrogen-bond donors (Lipinski definition) is 1. The van der Waals surface area contributed by atoms with Gasteiger partial charge in [-0.25, -0.2) is 4.39 Å². The summed E-state index contributed by atoms with van der Waals surface area (Å²) in [7, 11) is 0. The van der Waals surface area contributed by atoms with Crippen LogP contribution in [0.1, 0.15) is 36.3 Å². The molecule has 1 N–H and O–H groups in total. The second-order valence-electron chi connectivity index (χ2n) is 4.11. The quantitative estimate of drug-likeness (QED) is 0.728. The maximum Gasteiger partial charge on any atom is 0.126 e. The van der Waals surface area contributed by atoms with Crippen molar-refractivity contribution in [2.45, 2.75) is 38.2 Å². The Kier molecular flexibility index (Phi) is 2.55. The van der Waals surface area contributed by atoms with Gasteiger partial charge in [-0.05, 0) is 37.0 Å². The number of hydrogen-bond acceptors (Lipinski definition) is 1. The average Bonchev–Trinajstić information content (AvgIpc) is 2.57. The molecule has 14 heavy (non-hydrogen) atoms. The van der Waals surface area contributed by atoms with Crippen LogP contribution in [-0.2, 0) is 0 Å². The normalized spacial score (nSPS) is 26.8. The number of rotatable bonds is 1. The molecule has 0 amide bonds. The van der Waals surface area contributed by atoms with Crippen LogP contribution in [-0.4, -0.2) is 11.2 Å². The van der Waals surface area contributed by atoms with Gasteiger partial charge in [-0.1, -0.05) is 18.6 Å². The summed E-state index contributed by atoms with van der Waals surface area (Å²) in [6.45, 7) is 1.75. The van der Waals surface area contributed by atoms with Crippen molar-refractivity contribution in [1.29, 1.82) is 0 Å². The molecule has 2 heteroatoms. The molecule has 1 nitrogen and oxygen atoms in total. The van der Waals surface area contributed by atoms with E-state index in [1.807, 2.05) is 6.07 Å². The predicted molar refractivity (Wildman–Crippen MR) is 53.7 cm³/mol. The van der Waals surface area contributed by atoms with Crippen molar-refractivity contribution >= 4 is 0 Å². The van der Waals surface area contributed by atoms with Crippen LogP contribution in [0.2, 0.25) is 0 Å². The van der Waals surface area contributed by atoms with Crippen LogP contribution >= 0.6 is 0 Å². The molecule has 0 unspecified atom stereocenters. The van der Waals surface area contributed by atoms with Crippen LogP contribution in [0.25, 0.3) is 0 Å². The van der Waals surface area contributed by atoms with Gasteiger partial charge in [-0.3, -0.25) is 0 Å². The zero-order chi connectivity index (χ0) is 10.1. The van der Waals surface area contributed by atoms with Crippen LogP contribution < -0.4 is 0 Å². The summed E-state index contributed by atoms with van der Waals surface area (Å²) in [4.78, 5) is 0. The molecule has 1 aliphatic carbocycles. The standard InChI is InChI=1S/C12H15FO/c1-8-5-6-9(7-11(8)13)10-3-2-4-12(10)14/h5-7,10,12,14H,2-4H2,1H3/t10-,12+/m0/s1. The Hall–Kier alpha value is -0.890. The van der Waals surface area contributed by atoms with Crippen molar-refractivity contribution in [3.05, 3.63) is 35.1 Å². The summed E-state index contributed by atoms with van der Waals surface area (Å²) >= 11 is 0. The molecule has 0 aromatic heterocycles. The molecule has 76 valence electrons. The van der Waals surface area contributed by atoms with Gasteiger partial charge in [-0.15, -0.1) is 0 Å². The van der Waals surface area contributed by atoms with Crippen LogP contribution in [0.15, 0.2) is 18.2 Å². The molecule has 0 heterocycles. The maximum atomic E-state index is 13.3. The summed E-state index contributed by atoms with van der Waals surface area (Å²) in [5.41, 5.74) is 1.61. The highest BCUT2D eigenvalue weighted by Crippen LogP contribution is 2.34. The van der Waals surface area contributed by atoms with Gasteiger partial charge in [0.2, 0.25) is 0 Å². The first-order valence-electron chi connectivity index (χ1n) is 5.12. The molecule has 0 aliphatic heterocycles. The topological polar surface area (TPSA) is 20.2 Å². The number of benzene rings is 1. The van der Waals surface area contributed by atoms with Gasteiger partial charge < -0.3 is 5.11 Å². The van der Waals surface area contributed by atoms with Gasteiger partial charge in [0, 0.05) is 5.92 Å². The van der Waals surface area contributed by atoms with Crippen molar-refractivity contribution in [2.24, 2.45) is 0 Å². The second-order valence-corrected chi connectivity index (χ2v) is 4.11. The van der Waals surface area contributed by atoms with E-state index >= 15 is 0 Å². The Bertz CT molecular complexity index is 335. The van der Waals surface area contributed by atoms with Crippen molar-refractivity contribution in [2.75, 3.05) is 0 Å². The molecular weight excluding hydrogens is 179 g/mol. The molecular formula is C12H15FO. The molecule has 0 bridgehead atoms. The number of aliphatic hydroxyl groups is 1. The van der Waals surface area contributed by atoms with Crippen LogP contribution in [0, 0.1) is 12.7 Å². The first-order chi connectivity index (χ1) is 6.68. The minimum absolute atomic E-state index is 0.144. The van der Waals surface area contributed by atoms with E-state index in [-0.39, 0.29) is 17.8 Å². The van der Waals surface area contributed by atoms with E-state index in [0.717, 1.165) is 24.8 Å². The monoisotopic (exact) mass is 194 g/mol. The first kappa shape index (κ1) is 9.66. The van der Waals surface area contributed by atoms with E-state index in [0.29, 0.717) is 5.56 Å². The molecule has 1 aromatic rings. The van der Waals surface area contributed by atoms with Crippen LogP contribution in [0.4, 0.5) is 4.39 Å². The average molecular weight is 194 g/mol. The minimum atomic E-state index is -0.280. The lowest BCUT2D eigenvalue weighted by Crippen LogP contribution is -2.11. The highest BCUT2D eigenvalue weighted by molar-refractivity contribution is 5.27.